The molecule has 45 heavy (non-hydrogen) atoms. The first kappa shape index (κ1) is 35.3. The lowest BCUT2D eigenvalue weighted by Crippen LogP contribution is -2.54. The minimum absolute atomic E-state index is 0.0214. The first-order valence-electron chi connectivity index (χ1n) is 14.4. The van der Waals surface area contributed by atoms with Crippen molar-refractivity contribution in [2.45, 2.75) is 69.9 Å². The van der Waals surface area contributed by atoms with Gasteiger partial charge < -0.3 is 52.1 Å². The molecule has 0 aliphatic carbocycles. The summed E-state index contributed by atoms with van der Waals surface area (Å²) in [6, 6.07) is 1.07. The first-order valence-corrected chi connectivity index (χ1v) is 14.7. The van der Waals surface area contributed by atoms with Crippen LogP contribution in [0.4, 0.5) is 0 Å². The second-order valence-electron chi connectivity index (χ2n) is 10.9. The molecule has 0 fully saturated rings. The molecule has 246 valence electrons. The number of unbranched alkanes of at least 4 members (excludes halogenated alkanes) is 1. The Morgan fingerprint density at radius 3 is 2.47 bits per heavy atom. The summed E-state index contributed by atoms with van der Waals surface area (Å²) >= 11 is 6.16. The number of halogens is 1. The largest absolute Gasteiger partial charge is 0.480 e. The van der Waals surface area contributed by atoms with Crippen LogP contribution in [0, 0.1) is 12.3 Å². The number of hydrogen-bond acceptors (Lipinski definition) is 9. The summed E-state index contributed by atoms with van der Waals surface area (Å²) in [5.74, 6) is -3.44. The van der Waals surface area contributed by atoms with Gasteiger partial charge in [0.25, 0.3) is 0 Å². The number of carboxylic acid groups (broad SMARTS) is 1. The zero-order valence-corrected chi connectivity index (χ0v) is 25.8. The highest BCUT2D eigenvalue weighted by Crippen LogP contribution is 2.34. The van der Waals surface area contributed by atoms with Crippen LogP contribution in [0.5, 0.6) is 0 Å². The second kappa shape index (κ2) is 15.7. The number of carbonyl (C=O) groups is 4. The maximum absolute atomic E-state index is 13.0. The average Bonchev–Trinajstić information content (AvgIpc) is 3.59. The Bertz CT molecular complexity index is 1460. The van der Waals surface area contributed by atoms with E-state index in [9.17, 15) is 34.5 Å². The molecule has 1 aliphatic heterocycles. The van der Waals surface area contributed by atoms with Gasteiger partial charge in [0.1, 0.15) is 23.9 Å². The number of aryl methyl sites for hydroxylation is 1. The SMILES string of the molecule is Cc1c(C(O)C(NC(=O)CCCCNC(=O)C(CC2=CCN(C(=N)N)C2)NC(=O)C(N)C(C)O)C(=O)O)oc2c(Cl)cccc12. The Hall–Kier alpha value is -4.18. The van der Waals surface area contributed by atoms with E-state index in [4.69, 9.17) is 32.9 Å². The number of carbonyl (C=O) groups excluding carboxylic acids is 3. The molecular weight excluding hydrogens is 610 g/mol. The Morgan fingerprint density at radius 2 is 1.87 bits per heavy atom. The number of benzene rings is 1. The molecule has 3 amide bonds. The van der Waals surface area contributed by atoms with Crippen LogP contribution in [-0.2, 0) is 19.2 Å². The molecule has 16 heteroatoms. The number of nitrogens with two attached hydrogens (primary N) is 2. The van der Waals surface area contributed by atoms with E-state index in [1.54, 1.807) is 30.0 Å². The third kappa shape index (κ3) is 9.17. The third-order valence-electron chi connectivity index (χ3n) is 7.51. The van der Waals surface area contributed by atoms with E-state index in [1.807, 2.05) is 6.08 Å². The number of nitrogens with one attached hydrogen (secondary N) is 4. The lowest BCUT2D eigenvalue weighted by Gasteiger charge is -2.23. The predicted octanol–water partition coefficient (Wildman–Crippen LogP) is 0.00239. The summed E-state index contributed by atoms with van der Waals surface area (Å²) in [6.45, 7) is 3.87. The third-order valence-corrected chi connectivity index (χ3v) is 7.80. The molecule has 0 bridgehead atoms. The van der Waals surface area contributed by atoms with Crippen LogP contribution in [0.3, 0.4) is 0 Å². The molecule has 5 unspecified atom stereocenters. The second-order valence-corrected chi connectivity index (χ2v) is 11.4. The number of para-hydroxylation sites is 1. The zero-order valence-electron chi connectivity index (χ0n) is 25.0. The van der Waals surface area contributed by atoms with Gasteiger partial charge in [-0.25, -0.2) is 4.79 Å². The molecule has 3 rings (SSSR count). The molecule has 0 saturated heterocycles. The molecule has 5 atom stereocenters. The molecule has 0 saturated carbocycles. The van der Waals surface area contributed by atoms with Crippen molar-refractivity contribution in [1.29, 1.82) is 5.41 Å². The molecule has 1 aromatic carbocycles. The van der Waals surface area contributed by atoms with Gasteiger partial charge in [0.05, 0.1) is 11.1 Å². The average molecular weight is 650 g/mol. The molecule has 0 spiro atoms. The van der Waals surface area contributed by atoms with Gasteiger partial charge in [-0.15, -0.1) is 0 Å². The molecule has 2 heterocycles. The number of hydrogen-bond donors (Lipinski definition) is 9. The van der Waals surface area contributed by atoms with Crippen LogP contribution in [0.1, 0.15) is 50.0 Å². The monoisotopic (exact) mass is 649 g/mol. The first-order chi connectivity index (χ1) is 21.2. The van der Waals surface area contributed by atoms with Crippen molar-refractivity contribution >= 4 is 52.2 Å². The molecule has 2 aromatic rings. The minimum Gasteiger partial charge on any atom is -0.480 e. The molecule has 0 radical (unpaired) electrons. The van der Waals surface area contributed by atoms with Gasteiger partial charge >= 0.3 is 5.97 Å². The fraction of sp³-hybridized carbons (Fsp3) is 0.483. The lowest BCUT2D eigenvalue weighted by atomic mass is 10.0. The van der Waals surface area contributed by atoms with E-state index in [1.165, 1.54) is 6.92 Å². The summed E-state index contributed by atoms with van der Waals surface area (Å²) in [5.41, 5.74) is 12.8. The zero-order chi connectivity index (χ0) is 33.4. The van der Waals surface area contributed by atoms with Crippen molar-refractivity contribution in [3.63, 3.8) is 0 Å². The van der Waals surface area contributed by atoms with Crippen molar-refractivity contribution in [3.8, 4) is 0 Å². The smallest absolute Gasteiger partial charge is 0.329 e. The Balaban J connectivity index is 1.52. The van der Waals surface area contributed by atoms with Gasteiger partial charge in [0.2, 0.25) is 17.7 Å². The van der Waals surface area contributed by atoms with E-state index >= 15 is 0 Å². The highest BCUT2D eigenvalue weighted by molar-refractivity contribution is 6.34. The summed E-state index contributed by atoms with van der Waals surface area (Å²) in [4.78, 5) is 51.5. The van der Waals surface area contributed by atoms with E-state index in [0.29, 0.717) is 41.1 Å². The fourth-order valence-electron chi connectivity index (χ4n) is 4.83. The number of guanidine groups is 1. The van der Waals surface area contributed by atoms with Gasteiger partial charge in [0.15, 0.2) is 17.6 Å². The van der Waals surface area contributed by atoms with E-state index in [2.05, 4.69) is 16.0 Å². The van der Waals surface area contributed by atoms with Crippen molar-refractivity contribution in [3.05, 3.63) is 46.2 Å². The van der Waals surface area contributed by atoms with Crippen molar-refractivity contribution in [2.75, 3.05) is 19.6 Å². The highest BCUT2D eigenvalue weighted by Gasteiger charge is 2.34. The van der Waals surface area contributed by atoms with Gasteiger partial charge in [-0.2, -0.15) is 0 Å². The fourth-order valence-corrected chi connectivity index (χ4v) is 5.04. The predicted molar refractivity (Wildman–Crippen MR) is 165 cm³/mol. The van der Waals surface area contributed by atoms with Gasteiger partial charge in [-0.3, -0.25) is 19.8 Å². The van der Waals surface area contributed by atoms with Crippen LogP contribution in [-0.4, -0.2) is 93.7 Å². The number of rotatable bonds is 15. The Labute approximate surface area is 264 Å². The number of aliphatic carboxylic acids is 1. The summed E-state index contributed by atoms with van der Waals surface area (Å²) in [5, 5.41) is 46.3. The van der Waals surface area contributed by atoms with Gasteiger partial charge in [0, 0.05) is 37.0 Å². The van der Waals surface area contributed by atoms with Crippen LogP contribution in [0.2, 0.25) is 5.02 Å². The molecule has 1 aliphatic rings. The molecular formula is C29H40ClN7O8. The summed E-state index contributed by atoms with van der Waals surface area (Å²) < 4.78 is 5.66. The van der Waals surface area contributed by atoms with Crippen molar-refractivity contribution in [1.82, 2.24) is 20.9 Å². The van der Waals surface area contributed by atoms with Crippen LogP contribution < -0.4 is 27.4 Å². The van der Waals surface area contributed by atoms with Crippen LogP contribution in [0.15, 0.2) is 34.3 Å². The normalized spacial score (nSPS) is 16.3. The summed E-state index contributed by atoms with van der Waals surface area (Å²) in [6.07, 6.45) is -0.345. The van der Waals surface area contributed by atoms with Gasteiger partial charge in [-0.1, -0.05) is 35.4 Å². The Morgan fingerprint density at radius 1 is 1.16 bits per heavy atom. The number of aliphatic hydroxyl groups is 2. The van der Waals surface area contributed by atoms with Crippen molar-refractivity contribution < 1.29 is 38.9 Å². The van der Waals surface area contributed by atoms with Crippen molar-refractivity contribution in [2.24, 2.45) is 11.5 Å². The van der Waals surface area contributed by atoms with Crippen LogP contribution >= 0.6 is 11.6 Å². The summed E-state index contributed by atoms with van der Waals surface area (Å²) in [7, 11) is 0. The molecule has 15 nitrogen and oxygen atoms in total. The quantitative estimate of drug-likeness (QED) is 0.0537. The van der Waals surface area contributed by atoms with E-state index in [-0.39, 0.29) is 37.5 Å². The minimum atomic E-state index is -1.68. The number of fused-ring (bicyclic) bond motifs is 1. The van der Waals surface area contributed by atoms with E-state index < -0.39 is 54.0 Å². The lowest BCUT2D eigenvalue weighted by molar-refractivity contribution is -0.145. The maximum atomic E-state index is 13.0. The standard InChI is InChI=1S/C29H40ClN7O8/c1-14-17-6-5-7-18(30)25(17)45-24(14)23(40)22(28(43)44)36-20(39)8-3-4-10-34-26(41)19(35-27(42)21(31)15(2)38)12-16-9-11-37(13-16)29(32)33/h5-7,9,15,19,21-23,38,40H,3-4,8,10-13,31H2,1-2H3,(H3,32,33)(H,34,41)(H,35,42)(H,36,39)(H,43,44). The molecule has 11 N–H and O–H groups in total. The van der Waals surface area contributed by atoms with Crippen LogP contribution in [0.25, 0.3) is 11.0 Å². The topological polar surface area (TPSA) is 257 Å². The number of carboxylic acids is 1. The number of aliphatic hydroxyl groups excluding tert-OH is 2. The Kier molecular flexibility index (Phi) is 12.3. The number of amides is 3. The van der Waals surface area contributed by atoms with Gasteiger partial charge in [-0.05, 0) is 39.2 Å². The number of nitrogens with zero attached hydrogens (tertiary/aromatic N) is 1. The number of furan rings is 1. The highest BCUT2D eigenvalue weighted by atomic mass is 35.5. The van der Waals surface area contributed by atoms with E-state index in [0.717, 1.165) is 5.57 Å². The maximum Gasteiger partial charge on any atom is 0.329 e. The molecule has 1 aromatic heterocycles.